The first kappa shape index (κ1) is 18.2. The van der Waals surface area contributed by atoms with E-state index in [2.05, 4.69) is 17.1 Å². The molecule has 25 heavy (non-hydrogen) atoms. The van der Waals surface area contributed by atoms with Gasteiger partial charge >= 0.3 is 6.03 Å². The number of carbonyl (C=O) groups excluding carboxylic acids is 1. The summed E-state index contributed by atoms with van der Waals surface area (Å²) in [4.78, 5) is 16.8. The van der Waals surface area contributed by atoms with E-state index < -0.39 is 0 Å². The van der Waals surface area contributed by atoms with Gasteiger partial charge in [0.2, 0.25) is 0 Å². The van der Waals surface area contributed by atoms with Crippen LogP contribution in [0.2, 0.25) is 0 Å². The molecule has 2 aliphatic heterocycles. The second kappa shape index (κ2) is 8.65. The fourth-order valence-electron chi connectivity index (χ4n) is 4.03. The number of hydrogen-bond acceptors (Lipinski definition) is 2. The van der Waals surface area contributed by atoms with Gasteiger partial charge in [0.05, 0.1) is 0 Å². The van der Waals surface area contributed by atoms with Crippen molar-refractivity contribution in [1.29, 1.82) is 0 Å². The number of rotatable bonds is 4. The van der Waals surface area contributed by atoms with Crippen LogP contribution in [0.3, 0.4) is 0 Å². The molecule has 2 heterocycles. The van der Waals surface area contributed by atoms with Crippen LogP contribution in [-0.4, -0.2) is 48.6 Å². The molecule has 138 valence electrons. The Kier molecular flexibility index (Phi) is 6.29. The van der Waals surface area contributed by atoms with E-state index in [1.54, 1.807) is 12.1 Å². The Morgan fingerprint density at radius 1 is 1.16 bits per heavy atom. The molecule has 1 aromatic carbocycles. The molecule has 5 heteroatoms. The van der Waals surface area contributed by atoms with Gasteiger partial charge in [0.15, 0.2) is 0 Å². The highest BCUT2D eigenvalue weighted by atomic mass is 19.1. The van der Waals surface area contributed by atoms with Gasteiger partial charge in [-0.1, -0.05) is 19.1 Å². The summed E-state index contributed by atoms with van der Waals surface area (Å²) in [6.45, 7) is 8.13. The monoisotopic (exact) mass is 347 g/mol. The normalized spacial score (nSPS) is 22.8. The Morgan fingerprint density at radius 2 is 1.88 bits per heavy atom. The Bertz CT molecular complexity index is 555. The van der Waals surface area contributed by atoms with Crippen molar-refractivity contribution >= 4 is 6.03 Å². The predicted octanol–water partition coefficient (Wildman–Crippen LogP) is 3.48. The molecule has 1 aromatic rings. The van der Waals surface area contributed by atoms with Crippen LogP contribution < -0.4 is 5.32 Å². The highest BCUT2D eigenvalue weighted by molar-refractivity contribution is 5.74. The molecule has 1 atom stereocenters. The maximum atomic E-state index is 12.9. The Labute approximate surface area is 150 Å². The van der Waals surface area contributed by atoms with Crippen molar-refractivity contribution < 1.29 is 9.18 Å². The third-order valence-electron chi connectivity index (χ3n) is 5.52. The van der Waals surface area contributed by atoms with Crippen molar-refractivity contribution in [3.8, 4) is 0 Å². The fraction of sp³-hybridized carbons (Fsp3) is 0.650. The largest absolute Gasteiger partial charge is 0.334 e. The van der Waals surface area contributed by atoms with Crippen LogP contribution in [0.4, 0.5) is 9.18 Å². The Hall–Kier alpha value is -1.62. The number of benzene rings is 1. The van der Waals surface area contributed by atoms with Crippen molar-refractivity contribution in [2.24, 2.45) is 11.8 Å². The van der Waals surface area contributed by atoms with Gasteiger partial charge < -0.3 is 15.1 Å². The molecule has 1 unspecified atom stereocenters. The maximum absolute atomic E-state index is 12.9. The fourth-order valence-corrected chi connectivity index (χ4v) is 4.03. The Morgan fingerprint density at radius 3 is 2.56 bits per heavy atom. The van der Waals surface area contributed by atoms with E-state index in [1.165, 1.54) is 44.6 Å². The van der Waals surface area contributed by atoms with Crippen LogP contribution in [0.15, 0.2) is 24.3 Å². The van der Waals surface area contributed by atoms with E-state index in [9.17, 15) is 9.18 Å². The third kappa shape index (κ3) is 5.43. The van der Waals surface area contributed by atoms with Gasteiger partial charge in [-0.25, -0.2) is 9.18 Å². The van der Waals surface area contributed by atoms with E-state index in [0.29, 0.717) is 12.5 Å². The third-order valence-corrected chi connectivity index (χ3v) is 5.52. The van der Waals surface area contributed by atoms with Crippen LogP contribution in [0, 0.1) is 17.7 Å². The lowest BCUT2D eigenvalue weighted by Crippen LogP contribution is -2.46. The molecule has 2 aliphatic rings. The average molecular weight is 347 g/mol. The summed E-state index contributed by atoms with van der Waals surface area (Å²) in [7, 11) is 0. The minimum atomic E-state index is -0.250. The summed E-state index contributed by atoms with van der Waals surface area (Å²) < 4.78 is 12.9. The number of piperidine rings is 2. The molecule has 0 radical (unpaired) electrons. The summed E-state index contributed by atoms with van der Waals surface area (Å²) in [5.41, 5.74) is 0.920. The van der Waals surface area contributed by atoms with Crippen molar-refractivity contribution in [3.63, 3.8) is 0 Å². The lowest BCUT2D eigenvalue weighted by molar-refractivity contribution is 0.122. The minimum Gasteiger partial charge on any atom is -0.334 e. The number of urea groups is 1. The molecule has 1 N–H and O–H groups in total. The number of hydrogen-bond donors (Lipinski definition) is 1. The van der Waals surface area contributed by atoms with E-state index in [4.69, 9.17) is 0 Å². The summed E-state index contributed by atoms with van der Waals surface area (Å²) >= 11 is 0. The van der Waals surface area contributed by atoms with Gasteiger partial charge in [-0.2, -0.15) is 0 Å². The number of nitrogens with one attached hydrogen (secondary N) is 1. The molecule has 4 nitrogen and oxygen atoms in total. The summed E-state index contributed by atoms with van der Waals surface area (Å²) in [6.07, 6.45) is 4.87. The topological polar surface area (TPSA) is 35.6 Å². The van der Waals surface area contributed by atoms with Crippen LogP contribution in [0.5, 0.6) is 0 Å². The second-order valence-electron chi connectivity index (χ2n) is 7.72. The zero-order chi connectivity index (χ0) is 17.6. The molecule has 0 spiro atoms. The predicted molar refractivity (Wildman–Crippen MR) is 97.8 cm³/mol. The highest BCUT2D eigenvalue weighted by Gasteiger charge is 2.25. The molecule has 2 saturated heterocycles. The van der Waals surface area contributed by atoms with Crippen LogP contribution in [-0.2, 0) is 6.54 Å². The van der Waals surface area contributed by atoms with Gasteiger partial charge in [0, 0.05) is 32.7 Å². The van der Waals surface area contributed by atoms with Gasteiger partial charge in [0.1, 0.15) is 5.82 Å². The molecule has 0 aromatic heterocycles. The standard InChI is InChI=1S/C20H30FN3O/c1-16-3-2-10-23(14-16)15-18-8-11-24(12-9-18)20(25)22-13-17-4-6-19(21)7-5-17/h4-7,16,18H,2-3,8-15H2,1H3,(H,22,25). The van der Waals surface area contributed by atoms with Gasteiger partial charge in [-0.15, -0.1) is 0 Å². The zero-order valence-corrected chi connectivity index (χ0v) is 15.2. The summed E-state index contributed by atoms with van der Waals surface area (Å²) in [5, 5.41) is 2.94. The van der Waals surface area contributed by atoms with Gasteiger partial charge in [-0.05, 0) is 61.8 Å². The lowest BCUT2D eigenvalue weighted by Gasteiger charge is -2.37. The van der Waals surface area contributed by atoms with E-state index in [1.807, 2.05) is 4.90 Å². The van der Waals surface area contributed by atoms with E-state index in [0.717, 1.165) is 37.4 Å². The summed E-state index contributed by atoms with van der Waals surface area (Å²) in [5.74, 6) is 1.29. The molecule has 3 rings (SSSR count). The van der Waals surface area contributed by atoms with Crippen molar-refractivity contribution in [2.75, 3.05) is 32.7 Å². The first-order chi connectivity index (χ1) is 12.1. The van der Waals surface area contributed by atoms with Crippen molar-refractivity contribution in [2.45, 2.75) is 39.2 Å². The molecule has 0 aliphatic carbocycles. The SMILES string of the molecule is CC1CCCN(CC2CCN(C(=O)NCc3ccc(F)cc3)CC2)C1. The smallest absolute Gasteiger partial charge is 0.317 e. The number of likely N-dealkylation sites (tertiary alicyclic amines) is 2. The second-order valence-corrected chi connectivity index (χ2v) is 7.72. The quantitative estimate of drug-likeness (QED) is 0.905. The zero-order valence-electron chi connectivity index (χ0n) is 15.2. The molecule has 2 amide bonds. The molecule has 0 bridgehead atoms. The van der Waals surface area contributed by atoms with Crippen LogP contribution in [0.25, 0.3) is 0 Å². The van der Waals surface area contributed by atoms with Crippen molar-refractivity contribution in [3.05, 3.63) is 35.6 Å². The lowest BCUT2D eigenvalue weighted by atomic mass is 9.94. The molecule has 2 fully saturated rings. The Balaban J connectivity index is 1.37. The number of halogens is 1. The molecular weight excluding hydrogens is 317 g/mol. The number of carbonyl (C=O) groups is 1. The van der Waals surface area contributed by atoms with Crippen LogP contribution in [0.1, 0.15) is 38.2 Å². The number of nitrogens with zero attached hydrogens (tertiary/aromatic N) is 2. The first-order valence-electron chi connectivity index (χ1n) is 9.59. The number of amides is 2. The van der Waals surface area contributed by atoms with Crippen molar-refractivity contribution in [1.82, 2.24) is 15.1 Å². The minimum absolute atomic E-state index is 0.00521. The van der Waals surface area contributed by atoms with Crippen LogP contribution >= 0.6 is 0 Å². The van der Waals surface area contributed by atoms with Gasteiger partial charge in [0.25, 0.3) is 0 Å². The first-order valence-corrected chi connectivity index (χ1v) is 9.59. The highest BCUT2D eigenvalue weighted by Crippen LogP contribution is 2.22. The van der Waals surface area contributed by atoms with Gasteiger partial charge in [-0.3, -0.25) is 0 Å². The van der Waals surface area contributed by atoms with E-state index >= 15 is 0 Å². The van der Waals surface area contributed by atoms with E-state index in [-0.39, 0.29) is 11.8 Å². The molecule has 0 saturated carbocycles. The maximum Gasteiger partial charge on any atom is 0.317 e. The average Bonchev–Trinajstić information content (AvgIpc) is 2.62. The molecular formula is C20H30FN3O. The summed E-state index contributed by atoms with van der Waals surface area (Å²) in [6, 6.07) is 6.26.